The number of thiophene rings is 1. The fraction of sp³-hybridized carbons (Fsp3) is 0.417. The van der Waals surface area contributed by atoms with Crippen molar-refractivity contribution in [2.45, 2.75) is 56.6 Å². The van der Waals surface area contributed by atoms with E-state index in [4.69, 9.17) is 4.98 Å². The Hall–Kier alpha value is -2.63. The number of carbonyl (C=O) groups is 1. The van der Waals surface area contributed by atoms with E-state index in [1.165, 1.54) is 16.6 Å². The summed E-state index contributed by atoms with van der Waals surface area (Å²) in [5.74, 6) is 0.0957. The van der Waals surface area contributed by atoms with Crippen LogP contribution in [0.3, 0.4) is 0 Å². The molecule has 6 nitrogen and oxygen atoms in total. The zero-order chi connectivity index (χ0) is 22.5. The van der Waals surface area contributed by atoms with Crippen molar-refractivity contribution in [2.24, 2.45) is 5.92 Å². The number of nitrogens with one attached hydrogen (secondary N) is 1. The molecule has 2 aromatic heterocycles. The van der Waals surface area contributed by atoms with E-state index in [1.54, 1.807) is 22.8 Å². The van der Waals surface area contributed by atoms with E-state index in [9.17, 15) is 14.9 Å². The second-order valence-corrected chi connectivity index (χ2v) is 10.9. The van der Waals surface area contributed by atoms with E-state index in [0.717, 1.165) is 59.1 Å². The average molecular weight is 465 g/mol. The second kappa shape index (κ2) is 8.05. The molecule has 1 amide bonds. The zero-order valence-electron chi connectivity index (χ0n) is 18.1. The fourth-order valence-corrected chi connectivity index (χ4v) is 6.50. The minimum Gasteiger partial charge on any atom is -0.337 e. The zero-order valence-corrected chi connectivity index (χ0v) is 19.7. The molecule has 2 heterocycles. The Kier molecular flexibility index (Phi) is 5.34. The summed E-state index contributed by atoms with van der Waals surface area (Å²) in [4.78, 5) is 33.2. The summed E-state index contributed by atoms with van der Waals surface area (Å²) in [7, 11) is 0. The summed E-state index contributed by atoms with van der Waals surface area (Å²) in [6.07, 6.45) is 4.93. The Labute approximate surface area is 194 Å². The van der Waals surface area contributed by atoms with Crippen molar-refractivity contribution in [1.29, 1.82) is 5.26 Å². The van der Waals surface area contributed by atoms with Gasteiger partial charge >= 0.3 is 0 Å². The predicted octanol–water partition coefficient (Wildman–Crippen LogP) is 4.14. The summed E-state index contributed by atoms with van der Waals surface area (Å²) < 4.78 is 1.63. The van der Waals surface area contributed by atoms with Crippen LogP contribution in [-0.4, -0.2) is 26.8 Å². The number of thioether (sulfide) groups is 1. The lowest BCUT2D eigenvalue weighted by molar-refractivity contribution is -0.119. The Balaban J connectivity index is 1.51. The topological polar surface area (TPSA) is 87.8 Å². The number of aromatic nitrogens is 2. The Bertz CT molecular complexity index is 1310. The van der Waals surface area contributed by atoms with Gasteiger partial charge in [-0.1, -0.05) is 29.5 Å². The van der Waals surface area contributed by atoms with Crippen LogP contribution in [-0.2, 0) is 17.6 Å². The van der Waals surface area contributed by atoms with Gasteiger partial charge in [-0.25, -0.2) is 4.98 Å². The van der Waals surface area contributed by atoms with Crippen molar-refractivity contribution in [3.63, 3.8) is 0 Å². The third-order valence-corrected chi connectivity index (χ3v) is 8.48. The molecule has 8 heteroatoms. The van der Waals surface area contributed by atoms with Crippen LogP contribution < -0.4 is 10.9 Å². The van der Waals surface area contributed by atoms with E-state index >= 15 is 0 Å². The van der Waals surface area contributed by atoms with Crippen LogP contribution >= 0.6 is 23.1 Å². The number of fused-ring (bicyclic) bond motifs is 3. The molecule has 1 saturated carbocycles. The summed E-state index contributed by atoms with van der Waals surface area (Å²) >= 11 is 2.84. The van der Waals surface area contributed by atoms with E-state index in [0.29, 0.717) is 5.16 Å². The monoisotopic (exact) mass is 464 g/mol. The minimum atomic E-state index is -0.833. The Morgan fingerprint density at radius 2 is 2.09 bits per heavy atom. The molecule has 2 aliphatic rings. The summed E-state index contributed by atoms with van der Waals surface area (Å²) in [5.41, 5.74) is 2.10. The van der Waals surface area contributed by atoms with Crippen LogP contribution in [0.2, 0.25) is 0 Å². The van der Waals surface area contributed by atoms with Crippen molar-refractivity contribution >= 4 is 39.2 Å². The minimum absolute atomic E-state index is 0.0685. The summed E-state index contributed by atoms with van der Waals surface area (Å²) in [5, 5.41) is 13.7. The molecule has 0 spiro atoms. The molecule has 3 aromatic rings. The molecular weight excluding hydrogens is 440 g/mol. The van der Waals surface area contributed by atoms with Crippen LogP contribution in [0, 0.1) is 24.2 Å². The van der Waals surface area contributed by atoms with Gasteiger partial charge in [0.2, 0.25) is 5.91 Å². The summed E-state index contributed by atoms with van der Waals surface area (Å²) in [6.45, 7) is 3.79. The molecule has 0 bridgehead atoms. The quantitative estimate of drug-likeness (QED) is 0.437. The molecular formula is C24H24N4O2S2. The molecule has 164 valence electrons. The van der Waals surface area contributed by atoms with E-state index in [2.05, 4.69) is 11.4 Å². The third kappa shape index (κ3) is 3.74. The van der Waals surface area contributed by atoms with Gasteiger partial charge in [0.05, 0.1) is 22.9 Å². The number of benzene rings is 1. The van der Waals surface area contributed by atoms with Crippen molar-refractivity contribution < 1.29 is 4.79 Å². The first-order chi connectivity index (χ1) is 15.4. The highest BCUT2D eigenvalue weighted by Gasteiger charge is 2.43. The molecule has 0 saturated heterocycles. The van der Waals surface area contributed by atoms with Gasteiger partial charge in [0.15, 0.2) is 5.16 Å². The molecule has 5 rings (SSSR count). The normalized spacial score (nSPS) is 17.0. The van der Waals surface area contributed by atoms with E-state index in [1.807, 2.05) is 31.2 Å². The maximum Gasteiger partial charge on any atom is 0.267 e. The number of hydrogen-bond donors (Lipinski definition) is 1. The van der Waals surface area contributed by atoms with Gasteiger partial charge in [0.25, 0.3) is 5.56 Å². The number of nitrogens with zero attached hydrogens (tertiary/aromatic N) is 3. The average Bonchev–Trinajstić information content (AvgIpc) is 3.45. The summed E-state index contributed by atoms with van der Waals surface area (Å²) in [6, 6.07) is 10.0. The maximum absolute atomic E-state index is 13.6. The standard InChI is InChI=1S/C24H24N4O2S2/c1-14-6-10-16(11-7-14)28-22(30)20-17-4-3-5-18(17)32-21(20)26-23(28)31-12-19(29)27-24(2,13-25)15-8-9-15/h6-7,10-11,15H,3-5,8-9,12H2,1-2H3,(H,27,29). The van der Waals surface area contributed by atoms with Gasteiger partial charge in [-0.2, -0.15) is 5.26 Å². The molecule has 1 N–H and O–H groups in total. The third-order valence-electron chi connectivity index (χ3n) is 6.36. The molecule has 32 heavy (non-hydrogen) atoms. The van der Waals surface area contributed by atoms with Gasteiger partial charge in [0, 0.05) is 4.88 Å². The molecule has 1 atom stereocenters. The molecule has 1 aromatic carbocycles. The first-order valence-electron chi connectivity index (χ1n) is 10.9. The van der Waals surface area contributed by atoms with Gasteiger partial charge in [-0.3, -0.25) is 14.2 Å². The fourth-order valence-electron chi connectivity index (χ4n) is 4.38. The van der Waals surface area contributed by atoms with Crippen LogP contribution in [0.5, 0.6) is 0 Å². The van der Waals surface area contributed by atoms with Crippen molar-refractivity contribution in [3.05, 3.63) is 50.6 Å². The number of hydrogen-bond acceptors (Lipinski definition) is 6. The number of carbonyl (C=O) groups excluding carboxylic acids is 1. The molecule has 0 radical (unpaired) electrons. The highest BCUT2D eigenvalue weighted by Crippen LogP contribution is 2.39. The van der Waals surface area contributed by atoms with Crippen LogP contribution in [0.25, 0.3) is 15.9 Å². The lowest BCUT2D eigenvalue weighted by Crippen LogP contribution is -2.47. The SMILES string of the molecule is Cc1ccc(-n2c(SCC(=O)NC(C)(C#N)C3CC3)nc3sc4c(c3c2=O)CCC4)cc1. The smallest absolute Gasteiger partial charge is 0.267 e. The van der Waals surface area contributed by atoms with Gasteiger partial charge < -0.3 is 5.32 Å². The van der Waals surface area contributed by atoms with E-state index < -0.39 is 5.54 Å². The maximum atomic E-state index is 13.6. The first-order valence-corrected chi connectivity index (χ1v) is 12.7. The lowest BCUT2D eigenvalue weighted by atomic mass is 9.98. The number of nitriles is 1. The van der Waals surface area contributed by atoms with Crippen LogP contribution in [0.15, 0.2) is 34.2 Å². The highest BCUT2D eigenvalue weighted by atomic mass is 32.2. The Morgan fingerprint density at radius 3 is 2.78 bits per heavy atom. The van der Waals surface area contributed by atoms with Crippen LogP contribution in [0.4, 0.5) is 0 Å². The molecule has 1 unspecified atom stereocenters. The molecule has 0 aliphatic heterocycles. The highest BCUT2D eigenvalue weighted by molar-refractivity contribution is 7.99. The number of aryl methyl sites for hydroxylation is 3. The van der Waals surface area contributed by atoms with Crippen molar-refractivity contribution in [1.82, 2.24) is 14.9 Å². The molecule has 2 aliphatic carbocycles. The second-order valence-electron chi connectivity index (χ2n) is 8.83. The number of rotatable bonds is 6. The van der Waals surface area contributed by atoms with Gasteiger partial charge in [0.1, 0.15) is 10.4 Å². The Morgan fingerprint density at radius 1 is 1.34 bits per heavy atom. The number of amides is 1. The first kappa shape index (κ1) is 21.2. The molecule has 1 fully saturated rings. The van der Waals surface area contributed by atoms with E-state index in [-0.39, 0.29) is 23.1 Å². The van der Waals surface area contributed by atoms with Crippen molar-refractivity contribution in [2.75, 3.05) is 5.75 Å². The van der Waals surface area contributed by atoms with Gasteiger partial charge in [-0.05, 0) is 69.6 Å². The van der Waals surface area contributed by atoms with Crippen molar-refractivity contribution in [3.8, 4) is 11.8 Å². The van der Waals surface area contributed by atoms with Crippen LogP contribution in [0.1, 0.15) is 42.2 Å². The largest absolute Gasteiger partial charge is 0.337 e. The van der Waals surface area contributed by atoms with Gasteiger partial charge in [-0.15, -0.1) is 11.3 Å². The predicted molar refractivity (Wildman–Crippen MR) is 128 cm³/mol. The lowest BCUT2D eigenvalue weighted by Gasteiger charge is -2.22.